The van der Waals surface area contributed by atoms with Gasteiger partial charge in [-0.2, -0.15) is 0 Å². The van der Waals surface area contributed by atoms with Crippen LogP contribution in [0.5, 0.6) is 0 Å². The van der Waals surface area contributed by atoms with E-state index in [1.807, 2.05) is 31.7 Å². The second-order valence-corrected chi connectivity index (χ2v) is 10.0. The minimum Gasteiger partial charge on any atom is -0.339 e. The highest BCUT2D eigenvalue weighted by molar-refractivity contribution is 7.89. The van der Waals surface area contributed by atoms with E-state index >= 15 is 0 Å². The van der Waals surface area contributed by atoms with E-state index < -0.39 is 10.0 Å². The Morgan fingerprint density at radius 1 is 1.06 bits per heavy atom. The van der Waals surface area contributed by atoms with Gasteiger partial charge >= 0.3 is 6.03 Å². The lowest BCUT2D eigenvalue weighted by Crippen LogP contribution is -2.38. The maximum absolute atomic E-state index is 13.0. The first-order valence-electron chi connectivity index (χ1n) is 10.6. The lowest BCUT2D eigenvalue weighted by molar-refractivity contribution is 0.0713. The first kappa shape index (κ1) is 23.7. The SMILES string of the molecule is Cc1ccc(C(=O)N2CCC(c3ccc(S(N)(=O)=O)cc3)CC2)cc1NC(=O)NC(C)C. The summed E-state index contributed by atoms with van der Waals surface area (Å²) in [5.41, 5.74) is 3.06. The Bertz CT molecular complexity index is 1090. The highest BCUT2D eigenvalue weighted by atomic mass is 32.2. The number of carbonyl (C=O) groups excluding carboxylic acids is 2. The number of nitrogens with two attached hydrogens (primary N) is 1. The van der Waals surface area contributed by atoms with Crippen LogP contribution in [0.4, 0.5) is 10.5 Å². The third kappa shape index (κ3) is 5.86. The van der Waals surface area contributed by atoms with Crippen molar-refractivity contribution in [2.75, 3.05) is 18.4 Å². The average molecular weight is 459 g/mol. The molecule has 3 amide bonds. The lowest BCUT2D eigenvalue weighted by Gasteiger charge is -2.32. The highest BCUT2D eigenvalue weighted by Gasteiger charge is 2.25. The van der Waals surface area contributed by atoms with Gasteiger partial charge in [-0.05, 0) is 74.9 Å². The van der Waals surface area contributed by atoms with Gasteiger partial charge in [-0.25, -0.2) is 18.4 Å². The number of nitrogens with one attached hydrogen (secondary N) is 2. The molecule has 172 valence electrons. The topological polar surface area (TPSA) is 122 Å². The van der Waals surface area contributed by atoms with E-state index in [0.29, 0.717) is 24.3 Å². The number of carbonyl (C=O) groups is 2. The Hall–Kier alpha value is -2.91. The van der Waals surface area contributed by atoms with Crippen LogP contribution in [0.1, 0.15) is 54.1 Å². The number of hydrogen-bond donors (Lipinski definition) is 3. The van der Waals surface area contributed by atoms with Crippen LogP contribution in [0.15, 0.2) is 47.4 Å². The van der Waals surface area contributed by atoms with Gasteiger partial charge in [-0.15, -0.1) is 0 Å². The van der Waals surface area contributed by atoms with E-state index in [1.54, 1.807) is 24.3 Å². The second-order valence-electron chi connectivity index (χ2n) is 8.46. The number of nitrogens with zero attached hydrogens (tertiary/aromatic N) is 1. The molecule has 0 saturated carbocycles. The number of primary sulfonamides is 1. The highest BCUT2D eigenvalue weighted by Crippen LogP contribution is 2.29. The van der Waals surface area contributed by atoms with Gasteiger partial charge in [-0.1, -0.05) is 18.2 Å². The van der Waals surface area contributed by atoms with Crippen LogP contribution in [0.25, 0.3) is 0 Å². The van der Waals surface area contributed by atoms with Gasteiger partial charge < -0.3 is 15.5 Å². The number of amides is 3. The molecule has 1 aliphatic rings. The van der Waals surface area contributed by atoms with Crippen LogP contribution in [0, 0.1) is 6.92 Å². The maximum atomic E-state index is 13.0. The predicted molar refractivity (Wildman–Crippen MR) is 124 cm³/mol. The van der Waals surface area contributed by atoms with Crippen LogP contribution in [-0.2, 0) is 10.0 Å². The summed E-state index contributed by atoms with van der Waals surface area (Å²) in [6.07, 6.45) is 1.57. The number of sulfonamides is 1. The van der Waals surface area contributed by atoms with Gasteiger partial charge in [0, 0.05) is 30.4 Å². The Labute approximate surface area is 189 Å². The normalized spacial score (nSPS) is 15.0. The zero-order chi connectivity index (χ0) is 23.5. The summed E-state index contributed by atoms with van der Waals surface area (Å²) in [7, 11) is -3.70. The molecule has 1 fully saturated rings. The Morgan fingerprint density at radius 3 is 2.25 bits per heavy atom. The molecule has 0 bridgehead atoms. The molecule has 2 aromatic carbocycles. The van der Waals surface area contributed by atoms with Crippen LogP contribution < -0.4 is 15.8 Å². The number of likely N-dealkylation sites (tertiary alicyclic amines) is 1. The Balaban J connectivity index is 1.64. The molecule has 1 heterocycles. The van der Waals surface area contributed by atoms with E-state index in [2.05, 4.69) is 10.6 Å². The summed E-state index contributed by atoms with van der Waals surface area (Å²) in [5, 5.41) is 10.7. The molecule has 1 aliphatic heterocycles. The molecule has 32 heavy (non-hydrogen) atoms. The molecule has 0 radical (unpaired) electrons. The number of urea groups is 1. The van der Waals surface area contributed by atoms with Gasteiger partial charge in [0.25, 0.3) is 5.91 Å². The van der Waals surface area contributed by atoms with E-state index in [9.17, 15) is 18.0 Å². The average Bonchev–Trinajstić information content (AvgIpc) is 2.74. The van der Waals surface area contributed by atoms with Gasteiger partial charge in [0.2, 0.25) is 10.0 Å². The molecular weight excluding hydrogens is 428 g/mol. The first-order valence-corrected chi connectivity index (χ1v) is 12.2. The summed E-state index contributed by atoms with van der Waals surface area (Å²) in [6, 6.07) is 11.7. The summed E-state index contributed by atoms with van der Waals surface area (Å²) in [5.74, 6) is 0.184. The fourth-order valence-electron chi connectivity index (χ4n) is 3.84. The van der Waals surface area contributed by atoms with Gasteiger partial charge in [0.1, 0.15) is 0 Å². The van der Waals surface area contributed by atoms with Crippen molar-refractivity contribution in [3.63, 3.8) is 0 Å². The van der Waals surface area contributed by atoms with Crippen molar-refractivity contribution in [2.45, 2.75) is 50.5 Å². The minimum atomic E-state index is -3.70. The number of hydrogen-bond acceptors (Lipinski definition) is 4. The minimum absolute atomic E-state index is 0.0114. The lowest BCUT2D eigenvalue weighted by atomic mass is 9.89. The van der Waals surface area contributed by atoms with Crippen molar-refractivity contribution in [3.05, 3.63) is 59.2 Å². The van der Waals surface area contributed by atoms with Gasteiger partial charge in [-0.3, -0.25) is 4.79 Å². The number of benzene rings is 2. The molecule has 4 N–H and O–H groups in total. The molecule has 8 nitrogen and oxygen atoms in total. The number of aryl methyl sites for hydroxylation is 1. The third-order valence-electron chi connectivity index (χ3n) is 5.61. The van der Waals surface area contributed by atoms with Crippen molar-refractivity contribution in [1.82, 2.24) is 10.2 Å². The van der Waals surface area contributed by atoms with Crippen LogP contribution >= 0.6 is 0 Å². The van der Waals surface area contributed by atoms with E-state index in [4.69, 9.17) is 5.14 Å². The summed E-state index contributed by atoms with van der Waals surface area (Å²) in [4.78, 5) is 27.0. The van der Waals surface area contributed by atoms with Crippen molar-refractivity contribution < 1.29 is 18.0 Å². The Morgan fingerprint density at radius 2 is 1.69 bits per heavy atom. The van der Waals surface area contributed by atoms with E-state index in [0.717, 1.165) is 24.0 Å². The number of piperidine rings is 1. The van der Waals surface area contributed by atoms with Crippen LogP contribution in [0.3, 0.4) is 0 Å². The quantitative estimate of drug-likeness (QED) is 0.637. The molecule has 0 aromatic heterocycles. The largest absolute Gasteiger partial charge is 0.339 e. The number of rotatable bonds is 5. The van der Waals surface area contributed by atoms with Crippen molar-refractivity contribution in [3.8, 4) is 0 Å². The molecular formula is C23H30N4O4S. The van der Waals surface area contributed by atoms with Crippen LogP contribution in [0.2, 0.25) is 0 Å². The van der Waals surface area contributed by atoms with Gasteiger partial charge in [0.05, 0.1) is 4.90 Å². The van der Waals surface area contributed by atoms with Crippen molar-refractivity contribution in [1.29, 1.82) is 0 Å². The maximum Gasteiger partial charge on any atom is 0.319 e. The molecule has 0 atom stereocenters. The van der Waals surface area contributed by atoms with E-state index in [-0.39, 0.29) is 28.8 Å². The van der Waals surface area contributed by atoms with Gasteiger partial charge in [0.15, 0.2) is 0 Å². The molecule has 0 unspecified atom stereocenters. The fourth-order valence-corrected chi connectivity index (χ4v) is 4.35. The monoisotopic (exact) mass is 458 g/mol. The molecule has 0 aliphatic carbocycles. The molecule has 9 heteroatoms. The zero-order valence-corrected chi connectivity index (χ0v) is 19.4. The second kappa shape index (κ2) is 9.70. The smallest absolute Gasteiger partial charge is 0.319 e. The van der Waals surface area contributed by atoms with Crippen molar-refractivity contribution >= 4 is 27.6 Å². The predicted octanol–water partition coefficient (Wildman–Crippen LogP) is 3.19. The molecule has 0 spiro atoms. The third-order valence-corrected chi connectivity index (χ3v) is 6.54. The van der Waals surface area contributed by atoms with Crippen LogP contribution in [-0.4, -0.2) is 44.4 Å². The zero-order valence-electron chi connectivity index (χ0n) is 18.6. The molecule has 1 saturated heterocycles. The standard InChI is InChI=1S/C23H30N4O4S/c1-15(2)25-23(29)26-21-14-19(5-4-16(21)3)22(28)27-12-10-18(11-13-27)17-6-8-20(9-7-17)32(24,30)31/h4-9,14-15,18H,10-13H2,1-3H3,(H2,24,30,31)(H2,25,26,29). The summed E-state index contributed by atoms with van der Waals surface area (Å²) < 4.78 is 22.9. The fraction of sp³-hybridized carbons (Fsp3) is 0.391. The molecule has 2 aromatic rings. The number of anilines is 1. The molecule has 3 rings (SSSR count). The van der Waals surface area contributed by atoms with E-state index in [1.165, 1.54) is 12.1 Å². The summed E-state index contributed by atoms with van der Waals surface area (Å²) >= 11 is 0. The Kier molecular flexibility index (Phi) is 7.20. The van der Waals surface area contributed by atoms with Crippen molar-refractivity contribution in [2.24, 2.45) is 5.14 Å². The first-order chi connectivity index (χ1) is 15.0. The summed E-state index contributed by atoms with van der Waals surface area (Å²) in [6.45, 7) is 6.84.